The van der Waals surface area contributed by atoms with Crippen LogP contribution in [0.5, 0.6) is 0 Å². The zero-order chi connectivity index (χ0) is 6.69. The molecule has 3 heteroatoms. The van der Waals surface area contributed by atoms with Crippen LogP contribution >= 0.6 is 11.7 Å². The quantitative estimate of drug-likeness (QED) is 0.502. The summed E-state index contributed by atoms with van der Waals surface area (Å²) in [4.78, 5) is 1.12. The summed E-state index contributed by atoms with van der Waals surface area (Å²) in [5.74, 6) is 0. The highest BCUT2D eigenvalue weighted by atomic mass is 33.3. The van der Waals surface area contributed by atoms with E-state index in [0.29, 0.717) is 0 Å². The summed E-state index contributed by atoms with van der Waals surface area (Å²) in [7, 11) is -0.301. The molecule has 0 aliphatic heterocycles. The molecule has 0 bridgehead atoms. The van der Waals surface area contributed by atoms with Gasteiger partial charge in [-0.25, -0.2) is 0 Å². The van der Waals surface area contributed by atoms with Gasteiger partial charge in [-0.1, -0.05) is 18.2 Å². The van der Waals surface area contributed by atoms with Gasteiger partial charge in [0.1, 0.15) is 0 Å². The van der Waals surface area contributed by atoms with E-state index in [0.717, 1.165) is 4.90 Å². The molecule has 0 saturated carbocycles. The standard InChI is InChI=1S/C6H6S3/c7-9(8)6-4-2-1-3-5-6/h1-5H,(H,7,8). The zero-order valence-electron chi connectivity index (χ0n) is 4.65. The van der Waals surface area contributed by atoms with Gasteiger partial charge in [-0.05, 0) is 31.8 Å². The molecule has 1 unspecified atom stereocenters. The van der Waals surface area contributed by atoms with Crippen molar-refractivity contribution in [3.63, 3.8) is 0 Å². The Labute approximate surface area is 66.7 Å². The van der Waals surface area contributed by atoms with E-state index in [2.05, 4.69) is 11.7 Å². The molecule has 1 aromatic rings. The predicted octanol–water partition coefficient (Wildman–Crippen LogP) is 1.97. The maximum absolute atomic E-state index is 4.94. The Morgan fingerprint density at radius 2 is 1.78 bits per heavy atom. The minimum absolute atomic E-state index is 0.301. The first-order chi connectivity index (χ1) is 4.30. The van der Waals surface area contributed by atoms with E-state index in [1.807, 2.05) is 30.3 Å². The Kier molecular flexibility index (Phi) is 2.69. The zero-order valence-corrected chi connectivity index (χ0v) is 7.18. The molecule has 0 aliphatic carbocycles. The van der Waals surface area contributed by atoms with Crippen molar-refractivity contribution in [1.29, 1.82) is 0 Å². The summed E-state index contributed by atoms with van der Waals surface area (Å²) in [5, 5.41) is 0. The first kappa shape index (κ1) is 7.25. The average molecular weight is 174 g/mol. The van der Waals surface area contributed by atoms with E-state index in [1.165, 1.54) is 0 Å². The number of hydrogen-bond donors (Lipinski definition) is 1. The van der Waals surface area contributed by atoms with Crippen LogP contribution in [-0.4, -0.2) is 0 Å². The Bertz CT molecular complexity index is 205. The maximum atomic E-state index is 4.94. The molecule has 0 radical (unpaired) electrons. The van der Waals surface area contributed by atoms with Gasteiger partial charge < -0.3 is 0 Å². The summed E-state index contributed by atoms with van der Waals surface area (Å²) < 4.78 is 0. The predicted molar refractivity (Wildman–Crippen MR) is 48.4 cm³/mol. The van der Waals surface area contributed by atoms with E-state index in [4.69, 9.17) is 11.2 Å². The van der Waals surface area contributed by atoms with Crippen molar-refractivity contribution in [2.75, 3.05) is 0 Å². The molecule has 0 heterocycles. The molecule has 0 fully saturated rings. The molecule has 0 nitrogen and oxygen atoms in total. The smallest absolute Gasteiger partial charge is 0.0219 e. The van der Waals surface area contributed by atoms with Gasteiger partial charge in [-0.2, -0.15) is 0 Å². The fourth-order valence-electron chi connectivity index (χ4n) is 0.537. The van der Waals surface area contributed by atoms with Gasteiger partial charge in [-0.3, -0.25) is 0 Å². The topological polar surface area (TPSA) is 0 Å². The molecular formula is C6H6S3. The highest BCUT2D eigenvalue weighted by Crippen LogP contribution is 2.07. The van der Waals surface area contributed by atoms with Gasteiger partial charge in [0, 0.05) is 4.90 Å². The maximum Gasteiger partial charge on any atom is 0.0219 e. The fraction of sp³-hybridized carbons (Fsp3) is 0. The Morgan fingerprint density at radius 1 is 1.22 bits per heavy atom. The van der Waals surface area contributed by atoms with Gasteiger partial charge in [0.15, 0.2) is 0 Å². The van der Waals surface area contributed by atoms with E-state index < -0.39 is 0 Å². The molecule has 0 aliphatic rings. The molecule has 48 valence electrons. The van der Waals surface area contributed by atoms with Gasteiger partial charge in [0.2, 0.25) is 0 Å². The van der Waals surface area contributed by atoms with Crippen LogP contribution in [0, 0.1) is 0 Å². The second kappa shape index (κ2) is 3.34. The van der Waals surface area contributed by atoms with Crippen LogP contribution in [-0.2, 0) is 19.7 Å². The van der Waals surface area contributed by atoms with E-state index >= 15 is 0 Å². The van der Waals surface area contributed by atoms with Crippen molar-refractivity contribution in [2.24, 2.45) is 0 Å². The number of benzene rings is 1. The summed E-state index contributed by atoms with van der Waals surface area (Å²) in [6.45, 7) is 0. The molecule has 0 amide bonds. The molecule has 9 heavy (non-hydrogen) atoms. The lowest BCUT2D eigenvalue weighted by molar-refractivity contribution is 1.47. The molecular weight excluding hydrogens is 168 g/mol. The van der Waals surface area contributed by atoms with Gasteiger partial charge in [-0.15, -0.1) is 11.7 Å². The minimum atomic E-state index is -0.301. The molecule has 0 spiro atoms. The Balaban J connectivity index is 2.98. The summed E-state index contributed by atoms with van der Waals surface area (Å²) in [6.07, 6.45) is 0. The van der Waals surface area contributed by atoms with Gasteiger partial charge in [0.05, 0.1) is 0 Å². The molecule has 0 N–H and O–H groups in total. The fourth-order valence-corrected chi connectivity index (χ4v) is 1.63. The third-order valence-corrected chi connectivity index (χ3v) is 2.83. The second-order valence-corrected chi connectivity index (χ2v) is 5.37. The normalized spacial score (nSPS) is 13.0. The second-order valence-electron chi connectivity index (χ2n) is 1.56. The lowest BCUT2D eigenvalue weighted by Crippen LogP contribution is -1.75. The van der Waals surface area contributed by atoms with Crippen LogP contribution in [0.25, 0.3) is 0 Å². The SMILES string of the molecule is S=S(S)c1ccccc1. The van der Waals surface area contributed by atoms with Crippen molar-refractivity contribution in [3.8, 4) is 0 Å². The summed E-state index contributed by atoms with van der Waals surface area (Å²) >= 11 is 9.07. The number of rotatable bonds is 1. The Hall–Kier alpha value is 0.140. The van der Waals surface area contributed by atoms with Crippen molar-refractivity contribution in [1.82, 2.24) is 0 Å². The molecule has 1 rings (SSSR count). The highest BCUT2D eigenvalue weighted by Gasteiger charge is 1.87. The third kappa shape index (κ3) is 2.08. The van der Waals surface area contributed by atoms with Crippen molar-refractivity contribution in [2.45, 2.75) is 4.90 Å². The van der Waals surface area contributed by atoms with E-state index in [1.54, 1.807) is 0 Å². The van der Waals surface area contributed by atoms with Crippen LogP contribution in [0.2, 0.25) is 0 Å². The minimum Gasteiger partial charge on any atom is -0.102 e. The lowest BCUT2D eigenvalue weighted by atomic mass is 10.4. The average Bonchev–Trinajstić information content (AvgIpc) is 1.90. The highest BCUT2D eigenvalue weighted by molar-refractivity contribution is 8.76. The van der Waals surface area contributed by atoms with Crippen LogP contribution in [0.15, 0.2) is 35.2 Å². The molecule has 0 saturated heterocycles. The largest absolute Gasteiger partial charge is 0.102 e. The first-order valence-electron chi connectivity index (χ1n) is 2.46. The number of hydrogen-bond acceptors (Lipinski definition) is 1. The molecule has 1 aromatic carbocycles. The Morgan fingerprint density at radius 3 is 2.11 bits per heavy atom. The lowest BCUT2D eigenvalue weighted by Gasteiger charge is -1.93. The monoisotopic (exact) mass is 174 g/mol. The van der Waals surface area contributed by atoms with Crippen LogP contribution in [0.3, 0.4) is 0 Å². The summed E-state index contributed by atoms with van der Waals surface area (Å²) in [6, 6.07) is 9.89. The third-order valence-electron chi connectivity index (χ3n) is 0.945. The molecule has 1 atom stereocenters. The van der Waals surface area contributed by atoms with E-state index in [-0.39, 0.29) is 8.49 Å². The van der Waals surface area contributed by atoms with Crippen molar-refractivity contribution >= 4 is 31.3 Å². The van der Waals surface area contributed by atoms with Crippen molar-refractivity contribution < 1.29 is 0 Å². The van der Waals surface area contributed by atoms with E-state index in [9.17, 15) is 0 Å². The first-order valence-corrected chi connectivity index (χ1v) is 5.67. The van der Waals surface area contributed by atoms with Gasteiger partial charge in [0.25, 0.3) is 0 Å². The van der Waals surface area contributed by atoms with Crippen LogP contribution in [0.4, 0.5) is 0 Å². The number of thiol groups is 1. The van der Waals surface area contributed by atoms with Crippen LogP contribution < -0.4 is 0 Å². The van der Waals surface area contributed by atoms with Crippen LogP contribution in [0.1, 0.15) is 0 Å². The molecule has 0 aromatic heterocycles. The summed E-state index contributed by atoms with van der Waals surface area (Å²) in [5.41, 5.74) is 0. The van der Waals surface area contributed by atoms with Crippen molar-refractivity contribution in [3.05, 3.63) is 30.3 Å². The van der Waals surface area contributed by atoms with Gasteiger partial charge >= 0.3 is 0 Å².